The van der Waals surface area contributed by atoms with E-state index < -0.39 is 54.7 Å². The molecule has 0 unspecified atom stereocenters. The monoisotopic (exact) mass is 1330 g/mol. The van der Waals surface area contributed by atoms with Crippen molar-refractivity contribution in [3.63, 3.8) is 0 Å². The van der Waals surface area contributed by atoms with E-state index in [-0.39, 0.29) is 106 Å². The number of amides is 1. The van der Waals surface area contributed by atoms with Crippen LogP contribution in [0.25, 0.3) is 22.1 Å². The number of nitrogen functional groups attached to an aromatic ring is 3. The minimum absolute atomic E-state index is 0.0232. The number of rotatable bonds is 2. The quantitative estimate of drug-likeness (QED) is 0.0465. The van der Waals surface area contributed by atoms with Crippen LogP contribution in [-0.2, 0) is 43.8 Å². The zero-order valence-electron chi connectivity index (χ0n) is 47.2. The molecule has 25 nitrogen and oxygen atoms in total. The number of nitro groups is 1. The van der Waals surface area contributed by atoms with Gasteiger partial charge >= 0.3 is 65.8 Å². The summed E-state index contributed by atoms with van der Waals surface area (Å²) in [5.74, 6) is 0.0798. The van der Waals surface area contributed by atoms with Crippen molar-refractivity contribution in [1.29, 1.82) is 0 Å². The van der Waals surface area contributed by atoms with Crippen molar-refractivity contribution >= 4 is 84.9 Å². The van der Waals surface area contributed by atoms with E-state index in [1.807, 2.05) is 0 Å². The Hall–Kier alpha value is -8.93. The Morgan fingerprint density at radius 3 is 1.34 bits per heavy atom. The number of H-pyrrole nitrogens is 2. The summed E-state index contributed by atoms with van der Waals surface area (Å²) in [7, 11) is 14.9. The van der Waals surface area contributed by atoms with Gasteiger partial charge in [0.15, 0.2) is 11.6 Å². The van der Waals surface area contributed by atoms with Gasteiger partial charge in [-0.1, -0.05) is 0 Å². The Morgan fingerprint density at radius 1 is 0.596 bits per heavy atom. The summed E-state index contributed by atoms with van der Waals surface area (Å²) in [5.41, 5.74) is 19.6. The zero-order chi connectivity index (χ0) is 63.6. The van der Waals surface area contributed by atoms with Gasteiger partial charge in [0.05, 0.1) is 42.2 Å². The standard InChI is InChI=1S/C19H19FN4O6.2C17H15FN4O3.C4H8O.3ClH.Ti/c1-2-28-19(25)23-11-12-7-13(20)9-14(8-12)29-5-3-4-6-30-16-10-15(23)17(24(26)27)18(21)22-16;2*18-11-5-10-6-12(7-11)24-3-1-2-4-25-14-8-13-15(16(19)20-14)21-17(23)22(13)9-10;1-2-4-5-3-1;;;;/h3-4,7-10H,2,5-6,11H2,1H3,(H2,21,22);2*1-2,5-8H,3-4,9H2,(H2,19,20)(H,21,23);1-4H2;3*1H;/q;;;;;;;+3/p-3/b4-3+;2*2-1+;;;;;. The fraction of sp³-hybridized carbons (Fsp3) is 0.263. The number of ether oxygens (including phenoxy) is 8. The van der Waals surface area contributed by atoms with Gasteiger partial charge in [0.1, 0.15) is 91.1 Å². The molecule has 0 atom stereocenters. The molecular weight excluding hydrogens is 1270 g/mol. The number of fused-ring (bicyclic) bond motifs is 10. The van der Waals surface area contributed by atoms with Gasteiger partial charge in [-0.05, 0) is 109 Å². The molecule has 1 amide bonds. The van der Waals surface area contributed by atoms with Crippen molar-refractivity contribution in [1.82, 2.24) is 34.1 Å². The van der Waals surface area contributed by atoms with Crippen LogP contribution in [0.4, 0.5) is 46.8 Å². The molecule has 0 spiro atoms. The van der Waals surface area contributed by atoms with Crippen molar-refractivity contribution in [2.24, 2.45) is 0 Å². The van der Waals surface area contributed by atoms with Gasteiger partial charge in [-0.15, -0.1) is 0 Å². The summed E-state index contributed by atoms with van der Waals surface area (Å²) in [5, 5.41) is 11.6. The number of aromatic nitrogens is 7. The molecule has 469 valence electrons. The first-order valence-electron chi connectivity index (χ1n) is 27.0. The molecule has 5 aromatic heterocycles. The van der Waals surface area contributed by atoms with Crippen molar-refractivity contribution in [2.75, 3.05) is 81.6 Å². The molecule has 89 heavy (non-hydrogen) atoms. The van der Waals surface area contributed by atoms with Crippen LogP contribution < -0.4 is 61.9 Å². The van der Waals surface area contributed by atoms with Crippen LogP contribution in [0.5, 0.6) is 34.9 Å². The van der Waals surface area contributed by atoms with Gasteiger partial charge < -0.3 is 65.1 Å². The number of halogens is 6. The van der Waals surface area contributed by atoms with E-state index in [1.165, 1.54) is 70.5 Å². The molecule has 0 aliphatic carbocycles. The Balaban J connectivity index is 0.000000161. The fourth-order valence-electron chi connectivity index (χ4n) is 8.89. The average Bonchev–Trinajstić information content (AvgIpc) is 1.88. The van der Waals surface area contributed by atoms with Crippen LogP contribution >= 0.6 is 27.9 Å². The number of imidazole rings is 2. The summed E-state index contributed by atoms with van der Waals surface area (Å²) < 4.78 is 87.8. The van der Waals surface area contributed by atoms with E-state index >= 15 is 0 Å². The van der Waals surface area contributed by atoms with Gasteiger partial charge in [-0.25, -0.2) is 27.6 Å². The Morgan fingerprint density at radius 2 is 0.966 bits per heavy atom. The molecule has 12 bridgehead atoms. The van der Waals surface area contributed by atoms with Crippen LogP contribution in [0.2, 0.25) is 0 Å². The topological polar surface area (TPSA) is 330 Å². The predicted molar refractivity (Wildman–Crippen MR) is 323 cm³/mol. The minimum atomic E-state index is -1.92. The third kappa shape index (κ3) is 18.8. The third-order valence-corrected chi connectivity index (χ3v) is 12.6. The van der Waals surface area contributed by atoms with Gasteiger partial charge in [0.25, 0.3) is 0 Å². The number of benzene rings is 3. The second-order valence-corrected chi connectivity index (χ2v) is 26.7. The summed E-state index contributed by atoms with van der Waals surface area (Å²) in [6.45, 7) is 5.00. The first-order chi connectivity index (χ1) is 42.8. The van der Waals surface area contributed by atoms with Crippen molar-refractivity contribution < 1.29 is 75.5 Å². The third-order valence-electron chi connectivity index (χ3n) is 12.6. The number of nitrogens with one attached hydrogen (secondary N) is 2. The number of pyridine rings is 3. The molecule has 12 rings (SSSR count). The Labute approximate surface area is 521 Å². The number of aromatic amines is 2. The summed E-state index contributed by atoms with van der Waals surface area (Å²) in [6.07, 6.45) is 12.0. The number of hydrogen-bond acceptors (Lipinski definition) is 19. The van der Waals surface area contributed by atoms with Gasteiger partial charge in [0, 0.05) is 49.6 Å². The Kier molecular flexibility index (Phi) is 23.6. The van der Waals surface area contributed by atoms with Crippen molar-refractivity contribution in [2.45, 2.75) is 39.4 Å². The predicted octanol–water partition coefficient (Wildman–Crippen LogP) is 9.71. The van der Waals surface area contributed by atoms with E-state index in [2.05, 4.69) is 24.9 Å². The van der Waals surface area contributed by atoms with E-state index in [9.17, 15) is 37.7 Å². The maximum atomic E-state index is 14.1. The maximum absolute atomic E-state index is 14.1. The zero-order valence-corrected chi connectivity index (χ0v) is 51.1. The van der Waals surface area contributed by atoms with Crippen LogP contribution in [0, 0.1) is 27.6 Å². The molecular formula is C57H57Cl3F3N12O13Ti. The second kappa shape index (κ2) is 31.8. The van der Waals surface area contributed by atoms with Gasteiger partial charge in [-0.2, -0.15) is 15.0 Å². The van der Waals surface area contributed by atoms with E-state index in [0.29, 0.717) is 62.0 Å². The first kappa shape index (κ1) is 66.0. The van der Waals surface area contributed by atoms with Crippen LogP contribution in [0.3, 0.4) is 0 Å². The Bertz CT molecular complexity index is 3860. The summed E-state index contributed by atoms with van der Waals surface area (Å²) in [6, 6.07) is 17.2. The summed E-state index contributed by atoms with van der Waals surface area (Å²) >= 11 is -1.92. The first-order valence-corrected chi connectivity index (χ1v) is 33.5. The molecule has 1 saturated heterocycles. The van der Waals surface area contributed by atoms with Crippen molar-refractivity contribution in [3.05, 3.63) is 174 Å². The SMILES string of the molecule is C1CCOC1.CCOC(=O)N1Cc2cc(F)cc(c2)OC/C=C/COc2cc1c([N+](=O)[O-])c(N)n2.Nc1nc2cc3c1[nH]c(=O)n3Cc1cc(F)cc(c1)OC/C=C/CO2.Nc1nc2cc3c1[nH]c(=O)n3Cc1cc(F)cc(c1)OC/C=C/CO2.[Cl][Ti]([Cl])[Cl]. The van der Waals surface area contributed by atoms with Gasteiger partial charge in [0.2, 0.25) is 23.5 Å². The van der Waals surface area contributed by atoms with E-state index in [4.69, 9.17) is 83.0 Å². The number of hydrogen-bond donors (Lipinski definition) is 5. The van der Waals surface area contributed by atoms with Gasteiger partial charge in [-0.3, -0.25) is 24.1 Å². The molecule has 3 aromatic carbocycles. The molecule has 32 heteroatoms. The number of carbonyl (C=O) groups is 1. The molecule has 0 radical (unpaired) electrons. The van der Waals surface area contributed by atoms with E-state index in [0.717, 1.165) is 18.1 Å². The molecule has 0 saturated carbocycles. The molecule has 4 aliphatic rings. The summed E-state index contributed by atoms with van der Waals surface area (Å²) in [4.78, 5) is 66.7. The normalized spacial score (nSPS) is 15.2. The number of anilines is 4. The molecule has 8 N–H and O–H groups in total. The van der Waals surface area contributed by atoms with Crippen LogP contribution in [-0.4, -0.2) is 105 Å². The number of nitrogens with two attached hydrogens (primary N) is 3. The van der Waals surface area contributed by atoms with E-state index in [1.54, 1.807) is 67.6 Å². The van der Waals surface area contributed by atoms with Crippen molar-refractivity contribution in [3.8, 4) is 34.9 Å². The molecule has 4 aliphatic heterocycles. The molecule has 1 fully saturated rings. The number of carbonyl (C=O) groups excluding carboxylic acids is 1. The van der Waals surface area contributed by atoms with Crippen LogP contribution in [0.1, 0.15) is 36.5 Å². The fourth-order valence-corrected chi connectivity index (χ4v) is 8.89. The van der Waals surface area contributed by atoms with Crippen LogP contribution in [0.15, 0.2) is 119 Å². The second-order valence-electron chi connectivity index (χ2n) is 19.0. The number of nitrogens with zero attached hydrogens (tertiary/aromatic N) is 7. The molecule has 9 heterocycles. The average molecular weight is 1330 g/mol. The molecule has 8 aromatic rings.